The molecular weight excluding hydrogens is 380 g/mol. The number of ether oxygens (including phenoxy) is 2. The number of nitrogens with zero attached hydrogens (tertiary/aromatic N) is 1. The number of carbonyl (C=O) groups excluding carboxylic acids is 2. The Bertz CT molecular complexity index is 820. The van der Waals surface area contributed by atoms with Crippen LogP contribution in [0.1, 0.15) is 37.8 Å². The fourth-order valence-electron chi connectivity index (χ4n) is 3.06. The summed E-state index contributed by atoms with van der Waals surface area (Å²) in [5.41, 5.74) is 2.08. The van der Waals surface area contributed by atoms with E-state index < -0.39 is 6.04 Å². The minimum absolute atomic E-state index is 0.0796. The van der Waals surface area contributed by atoms with Gasteiger partial charge in [-0.2, -0.15) is 0 Å². The predicted molar refractivity (Wildman–Crippen MR) is 118 cm³/mol. The van der Waals surface area contributed by atoms with Gasteiger partial charge < -0.3 is 19.7 Å². The standard InChI is InChI=1S/C24H32N2O4/c1-5-25-24(28)19(3)26(17-20-8-6-9-22(16-20)29-4)23(27)10-7-15-30-21-13-11-18(2)12-14-21/h6,8-9,11-14,16,19H,5,7,10,15,17H2,1-4H3,(H,25,28). The normalized spacial score (nSPS) is 11.5. The summed E-state index contributed by atoms with van der Waals surface area (Å²) in [6.07, 6.45) is 0.878. The van der Waals surface area contributed by atoms with Crippen molar-refractivity contribution in [3.63, 3.8) is 0 Å². The van der Waals surface area contributed by atoms with Crippen molar-refractivity contribution in [1.82, 2.24) is 10.2 Å². The van der Waals surface area contributed by atoms with E-state index >= 15 is 0 Å². The topological polar surface area (TPSA) is 67.9 Å². The van der Waals surface area contributed by atoms with Crippen LogP contribution in [0.3, 0.4) is 0 Å². The summed E-state index contributed by atoms with van der Waals surface area (Å²) in [5.74, 6) is 1.27. The van der Waals surface area contributed by atoms with Gasteiger partial charge in [0.1, 0.15) is 17.5 Å². The Morgan fingerprint density at radius 1 is 1.10 bits per heavy atom. The highest BCUT2D eigenvalue weighted by Gasteiger charge is 2.25. The molecule has 6 nitrogen and oxygen atoms in total. The van der Waals surface area contributed by atoms with Crippen LogP contribution in [0.15, 0.2) is 48.5 Å². The molecule has 2 rings (SSSR count). The van der Waals surface area contributed by atoms with Gasteiger partial charge in [-0.1, -0.05) is 29.8 Å². The maximum atomic E-state index is 13.0. The van der Waals surface area contributed by atoms with Crippen LogP contribution in [0.25, 0.3) is 0 Å². The quantitative estimate of drug-likeness (QED) is 0.571. The summed E-state index contributed by atoms with van der Waals surface area (Å²) in [4.78, 5) is 27.0. The lowest BCUT2D eigenvalue weighted by atomic mass is 10.1. The van der Waals surface area contributed by atoms with Crippen LogP contribution in [0, 0.1) is 6.92 Å². The van der Waals surface area contributed by atoms with Crippen LogP contribution in [0.4, 0.5) is 0 Å². The molecule has 0 aromatic heterocycles. The van der Waals surface area contributed by atoms with E-state index in [1.165, 1.54) is 5.56 Å². The SMILES string of the molecule is CCNC(=O)C(C)N(Cc1cccc(OC)c1)C(=O)CCCOc1ccc(C)cc1. The first-order valence-corrected chi connectivity index (χ1v) is 10.3. The minimum Gasteiger partial charge on any atom is -0.497 e. The first kappa shape index (κ1) is 23.3. The fourth-order valence-corrected chi connectivity index (χ4v) is 3.06. The molecule has 30 heavy (non-hydrogen) atoms. The molecule has 162 valence electrons. The van der Waals surface area contributed by atoms with E-state index in [-0.39, 0.29) is 11.8 Å². The Morgan fingerprint density at radius 3 is 2.50 bits per heavy atom. The van der Waals surface area contributed by atoms with Gasteiger partial charge in [-0.25, -0.2) is 0 Å². The molecule has 2 aromatic carbocycles. The van der Waals surface area contributed by atoms with Gasteiger partial charge in [-0.15, -0.1) is 0 Å². The van der Waals surface area contributed by atoms with E-state index in [0.29, 0.717) is 32.5 Å². The van der Waals surface area contributed by atoms with Crippen molar-refractivity contribution in [2.75, 3.05) is 20.3 Å². The number of aryl methyl sites for hydroxylation is 1. The number of methoxy groups -OCH3 is 1. The molecule has 0 radical (unpaired) electrons. The molecule has 0 aliphatic heterocycles. The van der Waals surface area contributed by atoms with Crippen molar-refractivity contribution in [1.29, 1.82) is 0 Å². The van der Waals surface area contributed by atoms with Gasteiger partial charge in [0, 0.05) is 19.5 Å². The number of hydrogen-bond donors (Lipinski definition) is 1. The molecule has 0 saturated heterocycles. The number of benzene rings is 2. The summed E-state index contributed by atoms with van der Waals surface area (Å²) in [5, 5.41) is 2.80. The zero-order valence-corrected chi connectivity index (χ0v) is 18.3. The summed E-state index contributed by atoms with van der Waals surface area (Å²) >= 11 is 0. The molecule has 0 fully saturated rings. The van der Waals surface area contributed by atoms with E-state index in [9.17, 15) is 9.59 Å². The molecule has 0 heterocycles. The molecule has 2 aromatic rings. The maximum Gasteiger partial charge on any atom is 0.242 e. The Kier molecular flexibility index (Phi) is 9.19. The van der Waals surface area contributed by atoms with E-state index in [1.54, 1.807) is 18.9 Å². The minimum atomic E-state index is -0.568. The van der Waals surface area contributed by atoms with Crippen molar-refractivity contribution >= 4 is 11.8 Å². The largest absolute Gasteiger partial charge is 0.497 e. The smallest absolute Gasteiger partial charge is 0.242 e. The second-order valence-corrected chi connectivity index (χ2v) is 7.21. The van der Waals surface area contributed by atoms with Crippen molar-refractivity contribution in [3.8, 4) is 11.5 Å². The lowest BCUT2D eigenvalue weighted by Gasteiger charge is -2.29. The van der Waals surface area contributed by atoms with Crippen LogP contribution in [-0.4, -0.2) is 43.0 Å². The van der Waals surface area contributed by atoms with Crippen molar-refractivity contribution in [2.45, 2.75) is 46.2 Å². The van der Waals surface area contributed by atoms with Crippen LogP contribution < -0.4 is 14.8 Å². The number of hydrogen-bond acceptors (Lipinski definition) is 4. The second-order valence-electron chi connectivity index (χ2n) is 7.21. The second kappa shape index (κ2) is 11.9. The highest BCUT2D eigenvalue weighted by Crippen LogP contribution is 2.17. The van der Waals surface area contributed by atoms with Crippen molar-refractivity contribution in [2.24, 2.45) is 0 Å². The van der Waals surface area contributed by atoms with Crippen LogP contribution in [-0.2, 0) is 16.1 Å². The van der Waals surface area contributed by atoms with Gasteiger partial charge in [0.2, 0.25) is 11.8 Å². The third-order valence-corrected chi connectivity index (χ3v) is 4.83. The Hall–Kier alpha value is -3.02. The molecule has 0 saturated carbocycles. The third kappa shape index (κ3) is 7.10. The molecule has 1 N–H and O–H groups in total. The predicted octanol–water partition coefficient (Wildman–Crippen LogP) is 3.72. The number of rotatable bonds is 11. The summed E-state index contributed by atoms with van der Waals surface area (Å²) in [7, 11) is 1.60. The molecule has 1 unspecified atom stereocenters. The maximum absolute atomic E-state index is 13.0. The van der Waals surface area contributed by atoms with Crippen molar-refractivity contribution < 1.29 is 19.1 Å². The molecule has 0 aliphatic carbocycles. The molecule has 0 bridgehead atoms. The molecule has 0 aliphatic rings. The number of carbonyl (C=O) groups is 2. The van der Waals surface area contributed by atoms with Gasteiger partial charge in [0.05, 0.1) is 13.7 Å². The Balaban J connectivity index is 1.99. The van der Waals surface area contributed by atoms with Gasteiger partial charge in [0.15, 0.2) is 0 Å². The zero-order valence-electron chi connectivity index (χ0n) is 18.3. The Morgan fingerprint density at radius 2 is 1.83 bits per heavy atom. The summed E-state index contributed by atoms with van der Waals surface area (Å²) < 4.78 is 11.0. The van der Waals surface area contributed by atoms with E-state index in [1.807, 2.05) is 62.4 Å². The van der Waals surface area contributed by atoms with E-state index in [0.717, 1.165) is 17.1 Å². The third-order valence-electron chi connectivity index (χ3n) is 4.83. The summed E-state index contributed by atoms with van der Waals surface area (Å²) in [6.45, 7) is 6.95. The van der Waals surface area contributed by atoms with Crippen molar-refractivity contribution in [3.05, 3.63) is 59.7 Å². The van der Waals surface area contributed by atoms with Crippen LogP contribution in [0.5, 0.6) is 11.5 Å². The monoisotopic (exact) mass is 412 g/mol. The van der Waals surface area contributed by atoms with Gasteiger partial charge >= 0.3 is 0 Å². The highest BCUT2D eigenvalue weighted by atomic mass is 16.5. The molecule has 6 heteroatoms. The fraction of sp³-hybridized carbons (Fsp3) is 0.417. The average molecular weight is 413 g/mol. The first-order chi connectivity index (χ1) is 14.4. The van der Waals surface area contributed by atoms with E-state index in [2.05, 4.69) is 5.32 Å². The number of nitrogens with one attached hydrogen (secondary N) is 1. The number of likely N-dealkylation sites (N-methyl/N-ethyl adjacent to an activating group) is 1. The first-order valence-electron chi connectivity index (χ1n) is 10.3. The van der Waals surface area contributed by atoms with Crippen LogP contribution in [0.2, 0.25) is 0 Å². The average Bonchev–Trinajstić information content (AvgIpc) is 2.76. The Labute approximate surface area is 179 Å². The van der Waals surface area contributed by atoms with E-state index in [4.69, 9.17) is 9.47 Å². The zero-order chi connectivity index (χ0) is 21.9. The molecule has 0 spiro atoms. The van der Waals surface area contributed by atoms with Gasteiger partial charge in [-0.05, 0) is 57.0 Å². The molecule has 1 atom stereocenters. The van der Waals surface area contributed by atoms with Gasteiger partial charge in [-0.3, -0.25) is 9.59 Å². The molecule has 2 amide bonds. The van der Waals surface area contributed by atoms with Crippen LogP contribution >= 0.6 is 0 Å². The lowest BCUT2D eigenvalue weighted by Crippen LogP contribution is -2.47. The summed E-state index contributed by atoms with van der Waals surface area (Å²) in [6, 6.07) is 14.8. The highest BCUT2D eigenvalue weighted by molar-refractivity contribution is 5.87. The molecular formula is C24H32N2O4. The lowest BCUT2D eigenvalue weighted by molar-refractivity contribution is -0.140. The van der Waals surface area contributed by atoms with Gasteiger partial charge in [0.25, 0.3) is 0 Å². The number of amides is 2.